The number of hydrogen-bond donors (Lipinski definition) is 7. The monoisotopic (exact) mass is 1010 g/mol. The van der Waals surface area contributed by atoms with Gasteiger partial charge in [0.05, 0.1) is 61.0 Å². The zero-order valence-corrected chi connectivity index (χ0v) is 40.8. The summed E-state index contributed by atoms with van der Waals surface area (Å²) in [4.78, 5) is 109. The van der Waals surface area contributed by atoms with Crippen LogP contribution < -0.4 is 37.5 Å². The summed E-state index contributed by atoms with van der Waals surface area (Å²) in [5.74, 6) is -5.54. The number of carbonyl (C=O) groups excluding carboxylic acids is 7. The molecular formula is C52H61FN8O12. The second-order valence-corrected chi connectivity index (χ2v) is 19.0. The van der Waals surface area contributed by atoms with Gasteiger partial charge < -0.3 is 55.8 Å². The first-order valence-electron chi connectivity index (χ1n) is 24.8. The molecule has 0 radical (unpaired) electrons. The van der Waals surface area contributed by atoms with Gasteiger partial charge in [-0.3, -0.25) is 38.6 Å². The van der Waals surface area contributed by atoms with Crippen LogP contribution in [0.1, 0.15) is 87.6 Å². The Morgan fingerprint density at radius 2 is 1.67 bits per heavy atom. The minimum atomic E-state index is -2.04. The van der Waals surface area contributed by atoms with Crippen LogP contribution in [0.4, 0.5) is 4.39 Å². The predicted octanol–water partition coefficient (Wildman–Crippen LogP) is 1.34. The molecule has 6 aliphatic rings. The molecule has 1 saturated carbocycles. The molecule has 20 nitrogen and oxygen atoms in total. The number of pyridine rings is 1. The third-order valence-corrected chi connectivity index (χ3v) is 14.2. The van der Waals surface area contributed by atoms with Gasteiger partial charge in [-0.15, -0.1) is 0 Å². The van der Waals surface area contributed by atoms with Crippen LogP contribution in [0.15, 0.2) is 92.7 Å². The second-order valence-electron chi connectivity index (χ2n) is 19.0. The highest BCUT2D eigenvalue weighted by atomic mass is 19.1. The summed E-state index contributed by atoms with van der Waals surface area (Å²) in [5.41, 5.74) is 1.75. The molecule has 3 aliphatic heterocycles. The molecule has 21 heteroatoms. The number of hydrogen-bond acceptors (Lipinski definition) is 13. The summed E-state index contributed by atoms with van der Waals surface area (Å²) >= 11 is 0. The number of esters is 1. The number of ether oxygens (including phenoxy) is 3. The maximum atomic E-state index is 15.4. The highest BCUT2D eigenvalue weighted by Gasteiger charge is 2.49. The molecule has 5 unspecified atom stereocenters. The molecule has 8 rings (SSSR count). The van der Waals surface area contributed by atoms with E-state index in [0.29, 0.717) is 46.7 Å². The second kappa shape index (κ2) is 23.2. The van der Waals surface area contributed by atoms with E-state index in [1.165, 1.54) is 10.6 Å². The molecule has 1 aromatic carbocycles. The van der Waals surface area contributed by atoms with Crippen molar-refractivity contribution in [1.82, 2.24) is 36.5 Å². The number of dihydropyridines is 1. The lowest BCUT2D eigenvalue weighted by molar-refractivity contribution is -0.172. The quantitative estimate of drug-likeness (QED) is 0.0455. The minimum Gasteiger partial charge on any atom is -0.458 e. The van der Waals surface area contributed by atoms with E-state index in [1.54, 1.807) is 50.2 Å². The third kappa shape index (κ3) is 11.9. The lowest BCUT2D eigenvalue weighted by atomic mass is 9.64. The summed E-state index contributed by atoms with van der Waals surface area (Å²) in [5, 5.41) is 26.9. The predicted molar refractivity (Wildman–Crippen MR) is 260 cm³/mol. The third-order valence-electron chi connectivity index (χ3n) is 14.2. The lowest BCUT2D eigenvalue weighted by Crippen LogP contribution is -2.52. The standard InChI is InChI=1S/C52H61FN8O12/c1-3-52(70)35-19-40-48-33(24-61(40)50(68)34(35)25-73-51(52)69)47-37(17-16-32-29(2)36(53)20-38(60-48)46(32)47)58-45(66)26-71-28-57-42(63)22-56-49(67)39(18-30-12-8-7-9-13-30)59-43(64)23-54-41(62)21-55-44(65)27-72-31-14-10-5-4-6-11-15-31/h7-10,12-14,19-20,31-32,37,39,46,70H,3-6,11,15-18,21-28H2,1-2H3,(H,54,62)(H,55,65)(H,56,67)(H,57,63)(H,58,66)(H,59,64)/b14-10-/t31?,32?,37?,39?,46?,52-/m0/s1. The number of allylic oxidation sites excluding steroid dienone is 6. The Bertz CT molecular complexity index is 2770. The van der Waals surface area contributed by atoms with E-state index in [-0.39, 0.29) is 68.2 Å². The SMILES string of the molecule is CC[C@@]1(O)C(=O)OCc2c1cc1n(c2=O)CC2=C3C(NC(=O)COCNC(=O)CNC(=O)C(Cc4ccccc4)NC(=O)CNC(=O)CNC(=O)COC4/C=C\CCCCC4)CCC4C(C)=C(F)C=C(N=C21)C34. The largest absolute Gasteiger partial charge is 0.458 e. The van der Waals surface area contributed by atoms with Gasteiger partial charge in [0.2, 0.25) is 35.4 Å². The average molecular weight is 1010 g/mol. The van der Waals surface area contributed by atoms with Crippen molar-refractivity contribution in [2.24, 2.45) is 16.8 Å². The number of carbonyl (C=O) groups is 7. The van der Waals surface area contributed by atoms with Crippen molar-refractivity contribution < 1.29 is 57.3 Å². The lowest BCUT2D eigenvalue weighted by Gasteiger charge is -2.44. The van der Waals surface area contributed by atoms with Crippen LogP contribution in [-0.2, 0) is 72.9 Å². The fourth-order valence-corrected chi connectivity index (χ4v) is 10.3. The fraction of sp³-hybridized carbons (Fsp3) is 0.481. The number of amides is 6. The zero-order valence-electron chi connectivity index (χ0n) is 40.8. The van der Waals surface area contributed by atoms with E-state index < -0.39 is 96.9 Å². The maximum absolute atomic E-state index is 15.4. The van der Waals surface area contributed by atoms with Gasteiger partial charge >= 0.3 is 5.97 Å². The van der Waals surface area contributed by atoms with E-state index in [2.05, 4.69) is 31.9 Å². The average Bonchev–Trinajstić information content (AvgIpc) is 3.74. The summed E-state index contributed by atoms with van der Waals surface area (Å²) in [7, 11) is 0. The molecule has 0 bridgehead atoms. The van der Waals surface area contributed by atoms with Crippen molar-refractivity contribution in [2.45, 2.75) is 109 Å². The first-order chi connectivity index (χ1) is 35.1. The van der Waals surface area contributed by atoms with Gasteiger partial charge in [-0.25, -0.2) is 9.18 Å². The molecule has 1 aromatic heterocycles. The number of halogens is 1. The number of aliphatic imine (C=N–C) groups is 1. The summed E-state index contributed by atoms with van der Waals surface area (Å²) in [6.07, 6.45) is 11.2. The Kier molecular flexibility index (Phi) is 16.6. The molecule has 388 valence electrons. The van der Waals surface area contributed by atoms with Crippen molar-refractivity contribution in [3.63, 3.8) is 0 Å². The minimum absolute atomic E-state index is 0.0359. The fourth-order valence-electron chi connectivity index (χ4n) is 10.3. The molecule has 4 heterocycles. The van der Waals surface area contributed by atoms with E-state index in [1.807, 2.05) is 12.2 Å². The molecule has 3 aliphatic carbocycles. The Labute approximate surface area is 420 Å². The first-order valence-corrected chi connectivity index (χ1v) is 24.8. The number of aromatic nitrogens is 1. The van der Waals surface area contributed by atoms with Gasteiger partial charge in [0, 0.05) is 23.5 Å². The summed E-state index contributed by atoms with van der Waals surface area (Å²) in [6.45, 7) is 0.681. The Morgan fingerprint density at radius 1 is 0.918 bits per heavy atom. The van der Waals surface area contributed by atoms with Crippen LogP contribution in [-0.4, -0.2) is 115 Å². The van der Waals surface area contributed by atoms with Gasteiger partial charge in [-0.05, 0) is 80.2 Å². The van der Waals surface area contributed by atoms with E-state index >= 15 is 4.39 Å². The molecule has 2 aromatic rings. The van der Waals surface area contributed by atoms with Gasteiger partial charge in [-0.2, -0.15) is 0 Å². The molecule has 1 fully saturated rings. The molecule has 7 N–H and O–H groups in total. The number of benzene rings is 1. The van der Waals surface area contributed by atoms with Crippen molar-refractivity contribution in [3.8, 4) is 0 Å². The van der Waals surface area contributed by atoms with Crippen molar-refractivity contribution in [1.29, 1.82) is 0 Å². The van der Waals surface area contributed by atoms with Gasteiger partial charge in [0.25, 0.3) is 5.56 Å². The molecule has 73 heavy (non-hydrogen) atoms. The number of cyclic esters (lactones) is 1. The van der Waals surface area contributed by atoms with Gasteiger partial charge in [-0.1, -0.05) is 62.2 Å². The zero-order chi connectivity index (χ0) is 51.8. The highest BCUT2D eigenvalue weighted by Crippen LogP contribution is 2.52. The molecule has 0 saturated heterocycles. The Balaban J connectivity index is 0.817. The molecule has 6 atom stereocenters. The van der Waals surface area contributed by atoms with E-state index in [0.717, 1.165) is 37.7 Å². The van der Waals surface area contributed by atoms with Crippen LogP contribution >= 0.6 is 0 Å². The topological polar surface area (TPSA) is 274 Å². The normalized spacial score (nSPS) is 23.5. The highest BCUT2D eigenvalue weighted by molar-refractivity contribution is 6.15. The van der Waals surface area contributed by atoms with Crippen LogP contribution in [0.5, 0.6) is 0 Å². The molecule has 0 spiro atoms. The molecular weight excluding hydrogens is 948 g/mol. The number of aliphatic hydroxyl groups is 1. The number of nitrogens with zero attached hydrogens (tertiary/aromatic N) is 2. The van der Waals surface area contributed by atoms with Crippen LogP contribution in [0, 0.1) is 11.8 Å². The van der Waals surface area contributed by atoms with Crippen molar-refractivity contribution >= 4 is 47.1 Å². The van der Waals surface area contributed by atoms with Crippen molar-refractivity contribution in [3.05, 3.63) is 116 Å². The van der Waals surface area contributed by atoms with Crippen LogP contribution in [0.2, 0.25) is 0 Å². The number of fused-ring (bicyclic) bond motifs is 4. The molecule has 6 amide bonds. The Hall–Kier alpha value is -7.10. The van der Waals surface area contributed by atoms with Gasteiger partial charge in [0.1, 0.15) is 38.4 Å². The summed E-state index contributed by atoms with van der Waals surface area (Å²) in [6, 6.07) is 8.73. The van der Waals surface area contributed by atoms with Crippen molar-refractivity contribution in [2.75, 3.05) is 39.6 Å². The Morgan fingerprint density at radius 3 is 2.47 bits per heavy atom. The number of rotatable bonds is 19. The number of nitrogens with one attached hydrogen (secondary N) is 6. The van der Waals surface area contributed by atoms with Crippen LogP contribution in [0.3, 0.4) is 0 Å². The smallest absolute Gasteiger partial charge is 0.343 e. The van der Waals surface area contributed by atoms with Gasteiger partial charge in [0.15, 0.2) is 5.60 Å². The van der Waals surface area contributed by atoms with Crippen LogP contribution in [0.25, 0.3) is 0 Å². The van der Waals surface area contributed by atoms with E-state index in [4.69, 9.17) is 19.2 Å². The maximum Gasteiger partial charge on any atom is 0.343 e. The summed E-state index contributed by atoms with van der Waals surface area (Å²) < 4.78 is 33.3. The van der Waals surface area contributed by atoms with E-state index in [9.17, 15) is 43.5 Å². The first kappa shape index (κ1) is 52.2.